The Kier molecular flexibility index (Phi) is 6.29. The third-order valence-corrected chi connectivity index (χ3v) is 8.45. The lowest BCUT2D eigenvalue weighted by molar-refractivity contribution is -0.113. The summed E-state index contributed by atoms with van der Waals surface area (Å²) < 4.78 is 14.8. The van der Waals surface area contributed by atoms with E-state index in [2.05, 4.69) is 5.32 Å². The maximum atomic E-state index is 13.8. The van der Waals surface area contributed by atoms with E-state index in [1.807, 2.05) is 31.2 Å². The van der Waals surface area contributed by atoms with E-state index < -0.39 is 0 Å². The number of carbonyl (C=O) groups excluding carboxylic acids is 1. The molecule has 1 N–H and O–H groups in total. The number of hydrogen-bond acceptors (Lipinski definition) is 5. The Morgan fingerprint density at radius 2 is 2.00 bits per heavy atom. The van der Waals surface area contributed by atoms with Crippen LogP contribution >= 0.6 is 23.5 Å². The standard InChI is InChI=1S/C25H24FN3O2S2/c1-15-5-4-6-18(13-15)29-24(31)22-19-7-2-3-8-20(19)33-23(22)28-25(29)32-14-21(30)27-17-11-9-16(26)10-12-17/h4-6,9-13,19-20H,2-3,7-8,14H2,1H3,(H,27,30)/t19-,20-/m0/s1. The number of nitrogens with zero attached hydrogens (tertiary/aromatic N) is 2. The van der Waals surface area contributed by atoms with Crippen LogP contribution < -0.4 is 10.9 Å². The first-order chi connectivity index (χ1) is 16.0. The molecule has 1 fully saturated rings. The van der Waals surface area contributed by atoms with Crippen molar-refractivity contribution in [2.45, 2.75) is 54.0 Å². The molecule has 1 aromatic heterocycles. The maximum Gasteiger partial charge on any atom is 0.263 e. The number of hydrogen-bond donors (Lipinski definition) is 1. The Morgan fingerprint density at radius 1 is 1.21 bits per heavy atom. The second-order valence-corrected chi connectivity index (χ2v) is 10.7. The number of rotatable bonds is 5. The van der Waals surface area contributed by atoms with E-state index in [0.717, 1.165) is 41.1 Å². The van der Waals surface area contributed by atoms with Crippen LogP contribution in [-0.2, 0) is 4.79 Å². The zero-order valence-corrected chi connectivity index (χ0v) is 19.8. The van der Waals surface area contributed by atoms with E-state index in [9.17, 15) is 14.0 Å². The molecule has 3 aromatic rings. The van der Waals surface area contributed by atoms with E-state index in [-0.39, 0.29) is 29.0 Å². The molecule has 2 aromatic carbocycles. The average molecular weight is 482 g/mol. The quantitative estimate of drug-likeness (QED) is 0.294. The van der Waals surface area contributed by atoms with Crippen LogP contribution in [0.3, 0.4) is 0 Å². The Balaban J connectivity index is 1.47. The molecule has 1 aliphatic carbocycles. The van der Waals surface area contributed by atoms with Gasteiger partial charge in [0, 0.05) is 16.9 Å². The molecule has 1 aliphatic heterocycles. The van der Waals surface area contributed by atoms with Gasteiger partial charge in [-0.1, -0.05) is 36.7 Å². The molecule has 1 saturated carbocycles. The van der Waals surface area contributed by atoms with Crippen molar-refractivity contribution < 1.29 is 9.18 Å². The predicted molar refractivity (Wildman–Crippen MR) is 131 cm³/mol. The highest BCUT2D eigenvalue weighted by Gasteiger charge is 2.39. The molecule has 2 aliphatic rings. The Hall–Kier alpha value is -2.58. The predicted octanol–water partition coefficient (Wildman–Crippen LogP) is 5.54. The maximum absolute atomic E-state index is 13.8. The summed E-state index contributed by atoms with van der Waals surface area (Å²) in [7, 11) is 0. The normalized spacial score (nSPS) is 19.1. The second-order valence-electron chi connectivity index (χ2n) is 8.48. The summed E-state index contributed by atoms with van der Waals surface area (Å²) in [6.07, 6.45) is 4.48. The van der Waals surface area contributed by atoms with Crippen LogP contribution in [-0.4, -0.2) is 26.5 Å². The molecular formula is C25H24FN3O2S2. The van der Waals surface area contributed by atoms with Gasteiger partial charge in [0.25, 0.3) is 5.56 Å². The Morgan fingerprint density at radius 3 is 2.79 bits per heavy atom. The van der Waals surface area contributed by atoms with Gasteiger partial charge < -0.3 is 5.32 Å². The summed E-state index contributed by atoms with van der Waals surface area (Å²) >= 11 is 2.96. The van der Waals surface area contributed by atoms with Crippen LogP contribution in [0.5, 0.6) is 0 Å². The van der Waals surface area contributed by atoms with Crippen LogP contribution in [0.1, 0.15) is 42.7 Å². The number of halogens is 1. The molecule has 170 valence electrons. The minimum absolute atomic E-state index is 0.0195. The number of nitrogens with one attached hydrogen (secondary N) is 1. The van der Waals surface area contributed by atoms with E-state index in [1.165, 1.54) is 42.4 Å². The van der Waals surface area contributed by atoms with Crippen molar-refractivity contribution in [2.75, 3.05) is 11.1 Å². The summed E-state index contributed by atoms with van der Waals surface area (Å²) in [4.78, 5) is 31.2. The minimum Gasteiger partial charge on any atom is -0.325 e. The second kappa shape index (κ2) is 9.35. The number of aryl methyl sites for hydroxylation is 1. The summed E-state index contributed by atoms with van der Waals surface area (Å²) in [6, 6.07) is 13.4. The first-order valence-electron chi connectivity index (χ1n) is 11.1. The van der Waals surface area contributed by atoms with Crippen LogP contribution in [0.25, 0.3) is 5.69 Å². The average Bonchev–Trinajstić information content (AvgIpc) is 3.18. The fourth-order valence-electron chi connectivity index (χ4n) is 4.57. The fraction of sp³-hybridized carbons (Fsp3) is 0.320. The molecule has 2 atom stereocenters. The van der Waals surface area contributed by atoms with Crippen LogP contribution in [0.15, 0.2) is 63.5 Å². The number of benzene rings is 2. The molecule has 2 heterocycles. The highest BCUT2D eigenvalue weighted by molar-refractivity contribution is 8.00. The van der Waals surface area contributed by atoms with Crippen molar-refractivity contribution in [3.05, 3.63) is 75.8 Å². The molecule has 0 unspecified atom stereocenters. The summed E-state index contributed by atoms with van der Waals surface area (Å²) in [5.41, 5.74) is 3.16. The molecule has 1 amide bonds. The van der Waals surface area contributed by atoms with Crippen molar-refractivity contribution >= 4 is 35.1 Å². The van der Waals surface area contributed by atoms with Crippen molar-refractivity contribution in [1.82, 2.24) is 9.55 Å². The third-order valence-electron chi connectivity index (χ3n) is 6.11. The van der Waals surface area contributed by atoms with Gasteiger partial charge in [0.15, 0.2) is 5.16 Å². The van der Waals surface area contributed by atoms with E-state index >= 15 is 0 Å². The molecule has 5 nitrogen and oxygen atoms in total. The number of amides is 1. The van der Waals surface area contributed by atoms with Gasteiger partial charge in [0.2, 0.25) is 5.91 Å². The molecule has 5 rings (SSSR count). The Bertz CT molecular complexity index is 1260. The summed E-state index contributed by atoms with van der Waals surface area (Å²) in [5.74, 6) is -0.245. The largest absolute Gasteiger partial charge is 0.325 e. The monoisotopic (exact) mass is 481 g/mol. The van der Waals surface area contributed by atoms with E-state index in [0.29, 0.717) is 16.1 Å². The topological polar surface area (TPSA) is 64.0 Å². The van der Waals surface area contributed by atoms with Gasteiger partial charge in [0.1, 0.15) is 10.8 Å². The number of anilines is 1. The van der Waals surface area contributed by atoms with E-state index in [4.69, 9.17) is 4.98 Å². The van der Waals surface area contributed by atoms with Crippen LogP contribution in [0, 0.1) is 12.7 Å². The molecule has 33 heavy (non-hydrogen) atoms. The fourth-order valence-corrected chi connectivity index (χ4v) is 6.94. The zero-order chi connectivity index (χ0) is 22.9. The van der Waals surface area contributed by atoms with Crippen molar-refractivity contribution in [3.8, 4) is 5.69 Å². The first kappa shape index (κ1) is 22.2. The van der Waals surface area contributed by atoms with Gasteiger partial charge in [-0.05, 0) is 61.7 Å². The number of carbonyl (C=O) groups is 1. The highest BCUT2D eigenvalue weighted by Crippen LogP contribution is 2.50. The lowest BCUT2D eigenvalue weighted by Gasteiger charge is -2.24. The number of fused-ring (bicyclic) bond motifs is 3. The summed E-state index contributed by atoms with van der Waals surface area (Å²) in [6.45, 7) is 1.99. The van der Waals surface area contributed by atoms with Gasteiger partial charge >= 0.3 is 0 Å². The molecule has 0 radical (unpaired) electrons. The highest BCUT2D eigenvalue weighted by atomic mass is 32.2. The van der Waals surface area contributed by atoms with Crippen LogP contribution in [0.4, 0.5) is 10.1 Å². The van der Waals surface area contributed by atoms with Gasteiger partial charge in [-0.2, -0.15) is 0 Å². The zero-order valence-electron chi connectivity index (χ0n) is 18.2. The van der Waals surface area contributed by atoms with Crippen molar-refractivity contribution in [3.63, 3.8) is 0 Å². The van der Waals surface area contributed by atoms with Crippen LogP contribution in [0.2, 0.25) is 0 Å². The lowest BCUT2D eigenvalue weighted by Crippen LogP contribution is -2.29. The molecule has 8 heteroatoms. The SMILES string of the molecule is Cc1cccc(-n2c(SCC(=O)Nc3ccc(F)cc3)nc3c(c2=O)[C@H]2CCCC[C@@H]2S3)c1. The summed E-state index contributed by atoms with van der Waals surface area (Å²) in [5, 5.41) is 4.53. The molecule has 0 spiro atoms. The lowest BCUT2D eigenvalue weighted by atomic mass is 9.85. The van der Waals surface area contributed by atoms with Gasteiger partial charge in [-0.25, -0.2) is 9.37 Å². The first-order valence-corrected chi connectivity index (χ1v) is 12.9. The minimum atomic E-state index is -0.357. The van der Waals surface area contributed by atoms with E-state index in [1.54, 1.807) is 16.3 Å². The molecule has 0 saturated heterocycles. The number of thioether (sulfide) groups is 2. The molecular weight excluding hydrogens is 457 g/mol. The smallest absolute Gasteiger partial charge is 0.263 e. The van der Waals surface area contributed by atoms with Crippen molar-refractivity contribution in [2.24, 2.45) is 0 Å². The van der Waals surface area contributed by atoms with Gasteiger partial charge in [0.05, 0.1) is 17.0 Å². The third kappa shape index (κ3) is 4.59. The number of aromatic nitrogens is 2. The van der Waals surface area contributed by atoms with Gasteiger partial charge in [-0.15, -0.1) is 11.8 Å². The molecule has 0 bridgehead atoms. The van der Waals surface area contributed by atoms with Gasteiger partial charge in [-0.3, -0.25) is 14.2 Å². The van der Waals surface area contributed by atoms with Crippen molar-refractivity contribution in [1.29, 1.82) is 0 Å². The Labute approximate surface area is 200 Å².